The quantitative estimate of drug-likeness (QED) is 0.300. The van der Waals surface area contributed by atoms with E-state index in [-0.39, 0.29) is 0 Å². The van der Waals surface area contributed by atoms with Gasteiger partial charge >= 0.3 is 5.97 Å². The van der Waals surface area contributed by atoms with E-state index in [4.69, 9.17) is 18.9 Å². The molecule has 0 fully saturated rings. The molecule has 1 aromatic carbocycles. The summed E-state index contributed by atoms with van der Waals surface area (Å²) in [5.41, 5.74) is 1.77. The van der Waals surface area contributed by atoms with E-state index in [1.54, 1.807) is 37.6 Å². The Bertz CT molecular complexity index is 735. The fraction of sp³-hybridized carbons (Fsp3) is 0.389. The van der Waals surface area contributed by atoms with Gasteiger partial charge in [0.2, 0.25) is 0 Å². The van der Waals surface area contributed by atoms with E-state index in [9.17, 15) is 4.79 Å². The number of benzene rings is 1. The number of esters is 1. The number of methoxy groups -OCH3 is 4. The van der Waals surface area contributed by atoms with Gasteiger partial charge in [0.05, 0.1) is 19.9 Å². The lowest BCUT2D eigenvalue weighted by molar-refractivity contribution is -0.141. The first-order valence-electron chi connectivity index (χ1n) is 7.77. The molecule has 0 spiro atoms. The van der Waals surface area contributed by atoms with Gasteiger partial charge in [-0.05, 0) is 24.0 Å². The van der Waals surface area contributed by atoms with Crippen LogP contribution in [0.3, 0.4) is 0 Å². The van der Waals surface area contributed by atoms with Crippen LogP contribution in [0.1, 0.15) is 29.0 Å². The van der Waals surface area contributed by atoms with Gasteiger partial charge in [-0.25, -0.2) is 9.97 Å². The number of aromatic nitrogens is 2. The minimum absolute atomic E-state index is 0.437. The number of thioether (sulfide) groups is 1. The van der Waals surface area contributed by atoms with E-state index in [1.807, 2.05) is 6.26 Å². The Morgan fingerprint density at radius 2 is 1.73 bits per heavy atom. The van der Waals surface area contributed by atoms with Crippen molar-refractivity contribution in [3.05, 3.63) is 47.3 Å². The van der Waals surface area contributed by atoms with Crippen LogP contribution in [0.4, 0.5) is 0 Å². The van der Waals surface area contributed by atoms with Crippen LogP contribution in [-0.4, -0.2) is 50.6 Å². The third-order valence-corrected chi connectivity index (χ3v) is 4.41. The molecule has 0 bridgehead atoms. The fourth-order valence-corrected chi connectivity index (χ4v) is 2.92. The summed E-state index contributed by atoms with van der Waals surface area (Å²) in [5.74, 6) is -0.493. The molecule has 0 radical (unpaired) electrons. The van der Waals surface area contributed by atoms with Gasteiger partial charge in [0.15, 0.2) is 11.4 Å². The Morgan fingerprint density at radius 3 is 2.23 bits per heavy atom. The van der Waals surface area contributed by atoms with E-state index < -0.39 is 18.2 Å². The van der Waals surface area contributed by atoms with Crippen molar-refractivity contribution in [3.8, 4) is 5.75 Å². The molecular weight excluding hydrogens is 356 g/mol. The normalized spacial score (nSPS) is 12.1. The Balaban J connectivity index is 2.64. The molecule has 26 heavy (non-hydrogen) atoms. The van der Waals surface area contributed by atoms with Gasteiger partial charge in [0, 0.05) is 26.0 Å². The summed E-state index contributed by atoms with van der Waals surface area (Å²) in [6.07, 6.45) is 2.78. The predicted octanol–water partition coefficient (Wildman–Crippen LogP) is 2.80. The maximum atomic E-state index is 12.6. The third-order valence-electron chi connectivity index (χ3n) is 3.85. The van der Waals surface area contributed by atoms with Crippen LogP contribution in [0.2, 0.25) is 0 Å². The van der Waals surface area contributed by atoms with Crippen LogP contribution in [-0.2, 0) is 19.0 Å². The van der Waals surface area contributed by atoms with Crippen molar-refractivity contribution in [2.24, 2.45) is 0 Å². The summed E-state index contributed by atoms with van der Waals surface area (Å²) < 4.78 is 20.9. The van der Waals surface area contributed by atoms with Gasteiger partial charge in [0.1, 0.15) is 11.7 Å². The highest BCUT2D eigenvalue weighted by molar-refractivity contribution is 7.98. The summed E-state index contributed by atoms with van der Waals surface area (Å²) in [6, 6.07) is 7.18. The fourth-order valence-electron chi connectivity index (χ4n) is 2.57. The van der Waals surface area contributed by atoms with Crippen molar-refractivity contribution in [2.45, 2.75) is 17.4 Å². The molecule has 140 valence electrons. The van der Waals surface area contributed by atoms with Crippen LogP contribution in [0, 0.1) is 0 Å². The molecule has 0 aliphatic rings. The molecule has 2 aromatic rings. The highest BCUT2D eigenvalue weighted by atomic mass is 32.2. The molecule has 1 atom stereocenters. The molecule has 2 rings (SSSR count). The molecule has 0 saturated carbocycles. The lowest BCUT2D eigenvalue weighted by Crippen LogP contribution is -2.21. The summed E-state index contributed by atoms with van der Waals surface area (Å²) in [5, 5.41) is 0.539. The zero-order chi connectivity index (χ0) is 19.1. The Morgan fingerprint density at radius 1 is 1.08 bits per heavy atom. The van der Waals surface area contributed by atoms with Crippen molar-refractivity contribution in [3.63, 3.8) is 0 Å². The number of hydrogen-bond acceptors (Lipinski definition) is 8. The smallest absolute Gasteiger partial charge is 0.319 e. The van der Waals surface area contributed by atoms with E-state index in [1.165, 1.54) is 33.1 Å². The molecule has 0 aliphatic heterocycles. The molecule has 1 unspecified atom stereocenters. The van der Waals surface area contributed by atoms with Gasteiger partial charge < -0.3 is 18.9 Å². The second-order valence-electron chi connectivity index (χ2n) is 5.23. The van der Waals surface area contributed by atoms with Gasteiger partial charge in [-0.3, -0.25) is 4.79 Å². The largest absolute Gasteiger partial charge is 0.497 e. The maximum absolute atomic E-state index is 12.6. The van der Waals surface area contributed by atoms with Crippen molar-refractivity contribution in [1.82, 2.24) is 9.97 Å². The zero-order valence-corrected chi connectivity index (χ0v) is 16.2. The van der Waals surface area contributed by atoms with Crippen LogP contribution < -0.4 is 4.74 Å². The number of rotatable bonds is 8. The number of carbonyl (C=O) groups excluding carboxylic acids is 1. The molecule has 0 N–H and O–H groups in total. The van der Waals surface area contributed by atoms with Crippen LogP contribution in [0.5, 0.6) is 5.75 Å². The van der Waals surface area contributed by atoms with Crippen molar-refractivity contribution in [2.75, 3.05) is 34.7 Å². The molecule has 1 aromatic heterocycles. The van der Waals surface area contributed by atoms with Crippen molar-refractivity contribution >= 4 is 17.7 Å². The van der Waals surface area contributed by atoms with Gasteiger partial charge in [-0.1, -0.05) is 23.9 Å². The molecule has 1 heterocycles. The Kier molecular flexibility index (Phi) is 7.38. The Hall–Kier alpha value is -2.16. The van der Waals surface area contributed by atoms with Gasteiger partial charge in [-0.2, -0.15) is 0 Å². The van der Waals surface area contributed by atoms with E-state index in [0.29, 0.717) is 22.2 Å². The highest BCUT2D eigenvalue weighted by Crippen LogP contribution is 2.33. The minimum atomic E-state index is -0.748. The summed E-state index contributed by atoms with van der Waals surface area (Å²) in [7, 11) is 5.96. The Labute approximate surface area is 157 Å². The van der Waals surface area contributed by atoms with Crippen LogP contribution in [0.15, 0.2) is 35.6 Å². The molecule has 8 heteroatoms. The van der Waals surface area contributed by atoms with Crippen molar-refractivity contribution in [1.29, 1.82) is 0 Å². The first-order chi connectivity index (χ1) is 12.6. The predicted molar refractivity (Wildman–Crippen MR) is 97.4 cm³/mol. The monoisotopic (exact) mass is 378 g/mol. The van der Waals surface area contributed by atoms with E-state index in [2.05, 4.69) is 9.97 Å². The lowest BCUT2D eigenvalue weighted by atomic mass is 9.92. The first-order valence-corrected chi connectivity index (χ1v) is 9.00. The standard InChI is InChI=1S/C18H22N2O5S/c1-22-12-8-6-11(7-9-12)14(16(21)23-2)15-13(17(24-3)25-4)10-19-18(20-15)26-5/h6-10,14,17H,1-5H3. The molecule has 0 amide bonds. The second-order valence-corrected chi connectivity index (χ2v) is 6.00. The van der Waals surface area contributed by atoms with E-state index in [0.717, 1.165) is 5.56 Å². The molecule has 0 aliphatic carbocycles. The maximum Gasteiger partial charge on any atom is 0.319 e. The summed E-state index contributed by atoms with van der Waals surface area (Å²) in [4.78, 5) is 21.5. The molecule has 0 saturated heterocycles. The lowest BCUT2D eigenvalue weighted by Gasteiger charge is -2.22. The minimum Gasteiger partial charge on any atom is -0.497 e. The SMILES string of the molecule is COC(=O)C(c1ccc(OC)cc1)c1nc(SC)ncc1C(OC)OC. The summed E-state index contributed by atoms with van der Waals surface area (Å²) >= 11 is 1.38. The first kappa shape index (κ1) is 20.2. The highest BCUT2D eigenvalue weighted by Gasteiger charge is 2.31. The van der Waals surface area contributed by atoms with Crippen molar-refractivity contribution < 1.29 is 23.7 Å². The van der Waals surface area contributed by atoms with Gasteiger partial charge in [-0.15, -0.1) is 0 Å². The zero-order valence-electron chi connectivity index (χ0n) is 15.4. The average molecular weight is 378 g/mol. The number of nitrogens with zero attached hydrogens (tertiary/aromatic N) is 2. The second kappa shape index (κ2) is 9.51. The molecular formula is C18H22N2O5S. The topological polar surface area (TPSA) is 79.8 Å². The van der Waals surface area contributed by atoms with Gasteiger partial charge in [0.25, 0.3) is 0 Å². The van der Waals surface area contributed by atoms with E-state index >= 15 is 0 Å². The third kappa shape index (κ3) is 4.32. The number of hydrogen-bond donors (Lipinski definition) is 0. The summed E-state index contributed by atoms with van der Waals surface area (Å²) in [6.45, 7) is 0. The van der Waals surface area contributed by atoms with Crippen LogP contribution >= 0.6 is 11.8 Å². The number of carbonyl (C=O) groups is 1. The average Bonchev–Trinajstić information content (AvgIpc) is 2.70. The number of ether oxygens (including phenoxy) is 4. The van der Waals surface area contributed by atoms with Crippen LogP contribution in [0.25, 0.3) is 0 Å². The molecule has 7 nitrogen and oxygen atoms in total.